The number of tetrazole rings is 1. The second-order valence-electron chi connectivity index (χ2n) is 3.67. The maximum absolute atomic E-state index is 6.09. The molecule has 90 valence electrons. The lowest BCUT2D eigenvalue weighted by molar-refractivity contribution is 0.663. The van der Waals surface area contributed by atoms with Crippen LogP contribution in [-0.2, 0) is 6.54 Å². The molecule has 0 saturated carbocycles. The Kier molecular flexibility index (Phi) is 3.71. The molecule has 6 heteroatoms. The molecule has 0 amide bonds. The first-order valence-corrected chi connectivity index (χ1v) is 5.85. The van der Waals surface area contributed by atoms with E-state index in [-0.39, 0.29) is 0 Å². The fourth-order valence-electron chi connectivity index (χ4n) is 1.57. The number of nitrogens with zero attached hydrogens (tertiary/aromatic N) is 4. The summed E-state index contributed by atoms with van der Waals surface area (Å²) in [6.07, 6.45) is 0. The number of aromatic nitrogens is 4. The molecule has 1 aromatic heterocycles. The summed E-state index contributed by atoms with van der Waals surface area (Å²) in [5.74, 6) is 0.775. The summed E-state index contributed by atoms with van der Waals surface area (Å²) < 4.78 is 1.71. The van der Waals surface area contributed by atoms with Crippen molar-refractivity contribution in [2.75, 3.05) is 6.54 Å². The topological polar surface area (TPSA) is 55.6 Å². The lowest BCUT2D eigenvalue weighted by atomic mass is 10.2. The zero-order chi connectivity index (χ0) is 12.3. The first-order valence-electron chi connectivity index (χ1n) is 5.47. The van der Waals surface area contributed by atoms with E-state index in [1.807, 2.05) is 32.0 Å². The van der Waals surface area contributed by atoms with Gasteiger partial charge >= 0.3 is 0 Å². The van der Waals surface area contributed by atoms with Gasteiger partial charge in [-0.2, -0.15) is 4.68 Å². The van der Waals surface area contributed by atoms with Crippen molar-refractivity contribution in [3.05, 3.63) is 34.6 Å². The number of hydrogen-bond donors (Lipinski definition) is 1. The van der Waals surface area contributed by atoms with Gasteiger partial charge in [-0.25, -0.2) is 0 Å². The van der Waals surface area contributed by atoms with Gasteiger partial charge in [-0.1, -0.05) is 24.6 Å². The maximum Gasteiger partial charge on any atom is 0.170 e. The molecule has 0 radical (unpaired) electrons. The van der Waals surface area contributed by atoms with Crippen molar-refractivity contribution in [2.24, 2.45) is 0 Å². The fourth-order valence-corrected chi connectivity index (χ4v) is 1.73. The molecule has 2 aromatic rings. The van der Waals surface area contributed by atoms with Gasteiger partial charge in [0.1, 0.15) is 0 Å². The van der Waals surface area contributed by atoms with Gasteiger partial charge in [-0.15, -0.1) is 5.10 Å². The molecule has 0 spiro atoms. The van der Waals surface area contributed by atoms with Gasteiger partial charge in [0.15, 0.2) is 5.82 Å². The van der Waals surface area contributed by atoms with Crippen LogP contribution in [0.3, 0.4) is 0 Å². The predicted octanol–water partition coefficient (Wildman–Crippen LogP) is 1.73. The third-order valence-corrected chi connectivity index (χ3v) is 2.94. The lowest BCUT2D eigenvalue weighted by Crippen LogP contribution is -2.16. The highest BCUT2D eigenvalue weighted by Gasteiger charge is 2.11. The zero-order valence-electron chi connectivity index (χ0n) is 9.81. The molecule has 17 heavy (non-hydrogen) atoms. The molecule has 0 bridgehead atoms. The molecule has 0 unspecified atom stereocenters. The Balaban J connectivity index is 2.39. The van der Waals surface area contributed by atoms with Crippen LogP contribution in [0.5, 0.6) is 0 Å². The Morgan fingerprint density at radius 3 is 3.00 bits per heavy atom. The molecule has 0 atom stereocenters. The summed E-state index contributed by atoms with van der Waals surface area (Å²) in [6, 6.07) is 5.70. The van der Waals surface area contributed by atoms with Gasteiger partial charge in [0, 0.05) is 5.02 Å². The Morgan fingerprint density at radius 1 is 1.41 bits per heavy atom. The molecule has 0 aliphatic heterocycles. The van der Waals surface area contributed by atoms with Gasteiger partial charge in [0.05, 0.1) is 12.2 Å². The molecule has 0 aliphatic carbocycles. The maximum atomic E-state index is 6.09. The molecule has 1 N–H and O–H groups in total. The largest absolute Gasteiger partial charge is 0.310 e. The summed E-state index contributed by atoms with van der Waals surface area (Å²) in [7, 11) is 0. The van der Waals surface area contributed by atoms with Crippen LogP contribution in [-0.4, -0.2) is 26.8 Å². The second kappa shape index (κ2) is 5.25. The van der Waals surface area contributed by atoms with Crippen LogP contribution in [0.15, 0.2) is 18.2 Å². The Bertz CT molecular complexity index is 508. The van der Waals surface area contributed by atoms with E-state index >= 15 is 0 Å². The normalized spacial score (nSPS) is 10.8. The van der Waals surface area contributed by atoms with E-state index < -0.39 is 0 Å². The molecule has 0 fully saturated rings. The van der Waals surface area contributed by atoms with Crippen LogP contribution < -0.4 is 5.32 Å². The molecule has 5 nitrogen and oxygen atoms in total. The van der Waals surface area contributed by atoms with Gasteiger partial charge in [0.2, 0.25) is 0 Å². The summed E-state index contributed by atoms with van der Waals surface area (Å²) in [5.41, 5.74) is 1.88. The first-order chi connectivity index (χ1) is 8.24. The highest BCUT2D eigenvalue weighted by Crippen LogP contribution is 2.21. The minimum atomic E-state index is 0.634. The summed E-state index contributed by atoms with van der Waals surface area (Å²) in [6.45, 7) is 5.51. The van der Waals surface area contributed by atoms with Crippen molar-refractivity contribution in [1.82, 2.24) is 25.5 Å². The standard InChI is InChI=1S/C11H14ClN5/c1-3-13-7-11-14-15-16-17(11)10-6-4-5-9(12)8(10)2/h4-6,13H,3,7H2,1-2H3. The number of nitrogens with one attached hydrogen (secondary N) is 1. The van der Waals surface area contributed by atoms with Crippen LogP contribution in [0.1, 0.15) is 18.3 Å². The van der Waals surface area contributed by atoms with Gasteiger partial charge < -0.3 is 5.32 Å². The summed E-state index contributed by atoms with van der Waals surface area (Å²) >= 11 is 6.09. The van der Waals surface area contributed by atoms with Gasteiger partial charge in [0.25, 0.3) is 0 Å². The van der Waals surface area contributed by atoms with E-state index in [4.69, 9.17) is 11.6 Å². The minimum absolute atomic E-state index is 0.634. The number of hydrogen-bond acceptors (Lipinski definition) is 4. The SMILES string of the molecule is CCNCc1nnnn1-c1cccc(Cl)c1C. The average molecular weight is 252 g/mol. The number of rotatable bonds is 4. The Labute approximate surface area is 105 Å². The molecule has 1 heterocycles. The highest BCUT2D eigenvalue weighted by molar-refractivity contribution is 6.31. The van der Waals surface area contributed by atoms with E-state index in [9.17, 15) is 0 Å². The smallest absolute Gasteiger partial charge is 0.170 e. The highest BCUT2D eigenvalue weighted by atomic mass is 35.5. The predicted molar refractivity (Wildman–Crippen MR) is 66.3 cm³/mol. The van der Waals surface area contributed by atoms with Crippen LogP contribution in [0, 0.1) is 6.92 Å². The van der Waals surface area contributed by atoms with E-state index in [1.165, 1.54) is 0 Å². The number of halogens is 1. The van der Waals surface area contributed by atoms with Crippen molar-refractivity contribution in [3.63, 3.8) is 0 Å². The monoisotopic (exact) mass is 251 g/mol. The average Bonchev–Trinajstić information content (AvgIpc) is 2.78. The molecule has 0 saturated heterocycles. The zero-order valence-corrected chi connectivity index (χ0v) is 10.6. The lowest BCUT2D eigenvalue weighted by Gasteiger charge is -2.08. The van der Waals surface area contributed by atoms with Crippen molar-refractivity contribution in [1.29, 1.82) is 0 Å². The summed E-state index contributed by atoms with van der Waals surface area (Å²) in [5, 5.41) is 15.6. The van der Waals surface area contributed by atoms with Crippen molar-refractivity contribution < 1.29 is 0 Å². The minimum Gasteiger partial charge on any atom is -0.310 e. The quantitative estimate of drug-likeness (QED) is 0.899. The van der Waals surface area contributed by atoms with Crippen LogP contribution in [0.4, 0.5) is 0 Å². The molecule has 2 rings (SSSR count). The van der Waals surface area contributed by atoms with Crippen LogP contribution >= 0.6 is 11.6 Å². The third kappa shape index (κ3) is 2.45. The van der Waals surface area contributed by atoms with Crippen molar-refractivity contribution >= 4 is 11.6 Å². The fraction of sp³-hybridized carbons (Fsp3) is 0.364. The second-order valence-corrected chi connectivity index (χ2v) is 4.08. The Hall–Kier alpha value is -1.46. The van der Waals surface area contributed by atoms with Gasteiger partial charge in [-0.3, -0.25) is 0 Å². The molecular weight excluding hydrogens is 238 g/mol. The molecular formula is C11H14ClN5. The van der Waals surface area contributed by atoms with Gasteiger partial charge in [-0.05, 0) is 41.6 Å². The van der Waals surface area contributed by atoms with Crippen molar-refractivity contribution in [2.45, 2.75) is 20.4 Å². The van der Waals surface area contributed by atoms with E-state index in [0.717, 1.165) is 23.6 Å². The van der Waals surface area contributed by atoms with E-state index in [2.05, 4.69) is 20.8 Å². The molecule has 1 aromatic carbocycles. The molecule has 0 aliphatic rings. The third-order valence-electron chi connectivity index (χ3n) is 2.53. The number of benzene rings is 1. The van der Waals surface area contributed by atoms with E-state index in [0.29, 0.717) is 11.6 Å². The van der Waals surface area contributed by atoms with E-state index in [1.54, 1.807) is 4.68 Å². The van der Waals surface area contributed by atoms with Crippen LogP contribution in [0.25, 0.3) is 5.69 Å². The van der Waals surface area contributed by atoms with Crippen LogP contribution in [0.2, 0.25) is 5.02 Å². The Morgan fingerprint density at radius 2 is 2.24 bits per heavy atom. The first kappa shape index (κ1) is 12.0. The summed E-state index contributed by atoms with van der Waals surface area (Å²) in [4.78, 5) is 0. The van der Waals surface area contributed by atoms with Crippen molar-refractivity contribution in [3.8, 4) is 5.69 Å².